The predicted molar refractivity (Wildman–Crippen MR) is 173 cm³/mol. The maximum Gasteiger partial charge on any atom is 0.249 e. The van der Waals surface area contributed by atoms with E-state index < -0.39 is 72.7 Å². The molecule has 0 aliphatic carbocycles. The van der Waals surface area contributed by atoms with Gasteiger partial charge >= 0.3 is 0 Å². The number of nitrogens with one attached hydrogen (secondary N) is 4. The standard InChI is InChI=1S/C34H49F2N5O6/c1-6-21(4)30(43)34(47)40-26(18-28(35)36)32(45)39-25(17-23-10-8-7-9-11-23)27(42)16-22(5)31(44)41-29(20(2)3)33(46)38-19-24-12-14-37-15-13-24/h7-15,20-22,25-30,42-43H,6,16-19H2,1-5H3,(H,38,46)(H,39,45)(H,40,47)(H,41,44)/t21?,22-,25+,26+,27+,29+,30+/m1/s1. The van der Waals surface area contributed by atoms with Gasteiger partial charge in [-0.05, 0) is 47.9 Å². The number of rotatable bonds is 19. The van der Waals surface area contributed by atoms with Crippen molar-refractivity contribution < 1.29 is 38.2 Å². The van der Waals surface area contributed by atoms with E-state index in [4.69, 9.17) is 0 Å². The molecule has 1 heterocycles. The molecule has 6 N–H and O–H groups in total. The molecule has 0 saturated heterocycles. The summed E-state index contributed by atoms with van der Waals surface area (Å²) in [7, 11) is 0. The molecule has 0 fully saturated rings. The number of hydrogen-bond acceptors (Lipinski definition) is 7. The van der Waals surface area contributed by atoms with Gasteiger partial charge in [0, 0.05) is 31.3 Å². The molecule has 1 unspecified atom stereocenters. The molecule has 0 bridgehead atoms. The van der Waals surface area contributed by atoms with Crippen molar-refractivity contribution in [2.45, 2.75) is 104 Å². The largest absolute Gasteiger partial charge is 0.391 e. The number of aliphatic hydroxyl groups is 2. The first kappa shape index (κ1) is 39.2. The van der Waals surface area contributed by atoms with Gasteiger partial charge in [0.1, 0.15) is 18.2 Å². The van der Waals surface area contributed by atoms with E-state index in [1.165, 1.54) is 0 Å². The summed E-state index contributed by atoms with van der Waals surface area (Å²) in [6.45, 7) is 8.77. The van der Waals surface area contributed by atoms with Crippen LogP contribution >= 0.6 is 0 Å². The summed E-state index contributed by atoms with van der Waals surface area (Å²) in [4.78, 5) is 55.9. The average Bonchev–Trinajstić information content (AvgIpc) is 3.04. The third kappa shape index (κ3) is 13.3. The molecule has 0 aliphatic heterocycles. The molecular formula is C34H49F2N5O6. The molecule has 13 heteroatoms. The molecule has 11 nitrogen and oxygen atoms in total. The minimum absolute atomic E-state index is 0.0962. The minimum Gasteiger partial charge on any atom is -0.391 e. The van der Waals surface area contributed by atoms with Crippen LogP contribution in [0.15, 0.2) is 54.9 Å². The number of pyridine rings is 1. The molecule has 0 radical (unpaired) electrons. The van der Waals surface area contributed by atoms with Crippen molar-refractivity contribution in [3.05, 3.63) is 66.0 Å². The lowest BCUT2D eigenvalue weighted by Crippen LogP contribution is -2.56. The summed E-state index contributed by atoms with van der Waals surface area (Å²) in [5.41, 5.74) is 1.56. The van der Waals surface area contributed by atoms with Gasteiger partial charge < -0.3 is 31.5 Å². The minimum atomic E-state index is -2.94. The third-order valence-electron chi connectivity index (χ3n) is 8.09. The van der Waals surface area contributed by atoms with E-state index in [2.05, 4.69) is 26.3 Å². The van der Waals surface area contributed by atoms with Crippen LogP contribution in [0.4, 0.5) is 8.78 Å². The van der Waals surface area contributed by atoms with E-state index in [1.807, 2.05) is 0 Å². The number of carbonyl (C=O) groups is 4. The monoisotopic (exact) mass is 661 g/mol. The zero-order chi connectivity index (χ0) is 35.1. The van der Waals surface area contributed by atoms with E-state index in [9.17, 15) is 38.2 Å². The Kier molecular flexibility index (Phi) is 16.4. The van der Waals surface area contributed by atoms with Gasteiger partial charge in [-0.1, -0.05) is 71.4 Å². The Balaban J connectivity index is 2.16. The van der Waals surface area contributed by atoms with Gasteiger partial charge in [-0.25, -0.2) is 8.78 Å². The smallest absolute Gasteiger partial charge is 0.249 e. The van der Waals surface area contributed by atoms with Crippen LogP contribution in [0, 0.1) is 17.8 Å². The van der Waals surface area contributed by atoms with E-state index >= 15 is 0 Å². The summed E-state index contributed by atoms with van der Waals surface area (Å²) < 4.78 is 26.9. The van der Waals surface area contributed by atoms with Crippen LogP contribution in [-0.4, -0.2) is 75.6 Å². The first-order chi connectivity index (χ1) is 22.2. The highest BCUT2D eigenvalue weighted by atomic mass is 19.3. The van der Waals surface area contributed by atoms with Gasteiger partial charge in [-0.15, -0.1) is 0 Å². The van der Waals surface area contributed by atoms with Crippen LogP contribution in [0.5, 0.6) is 0 Å². The fraction of sp³-hybridized carbons (Fsp3) is 0.559. The maximum atomic E-state index is 13.5. The van der Waals surface area contributed by atoms with Crippen molar-refractivity contribution in [1.82, 2.24) is 26.3 Å². The van der Waals surface area contributed by atoms with Crippen molar-refractivity contribution >= 4 is 23.6 Å². The molecule has 260 valence electrons. The van der Waals surface area contributed by atoms with Crippen LogP contribution in [-0.2, 0) is 32.1 Å². The summed E-state index contributed by atoms with van der Waals surface area (Å²) in [6, 6.07) is 8.81. The topological polar surface area (TPSA) is 170 Å². The first-order valence-corrected chi connectivity index (χ1v) is 16.0. The molecule has 2 rings (SSSR count). The maximum absolute atomic E-state index is 13.5. The summed E-state index contributed by atoms with van der Waals surface area (Å²) >= 11 is 0. The highest BCUT2D eigenvalue weighted by Gasteiger charge is 2.33. The van der Waals surface area contributed by atoms with Gasteiger partial charge in [0.05, 0.1) is 12.1 Å². The molecule has 0 aliphatic rings. The lowest BCUT2D eigenvalue weighted by atomic mass is 9.92. The number of alkyl halides is 2. The predicted octanol–water partition coefficient (Wildman–Crippen LogP) is 2.50. The lowest BCUT2D eigenvalue weighted by molar-refractivity contribution is -0.137. The van der Waals surface area contributed by atoms with E-state index in [0.717, 1.165) is 11.1 Å². The fourth-order valence-electron chi connectivity index (χ4n) is 4.85. The van der Waals surface area contributed by atoms with Gasteiger partial charge in [0.25, 0.3) is 0 Å². The average molecular weight is 662 g/mol. The molecular weight excluding hydrogens is 612 g/mol. The van der Waals surface area contributed by atoms with Crippen LogP contribution < -0.4 is 21.3 Å². The van der Waals surface area contributed by atoms with Gasteiger partial charge in [0.15, 0.2) is 0 Å². The Morgan fingerprint density at radius 3 is 2.00 bits per heavy atom. The summed E-state index contributed by atoms with van der Waals surface area (Å²) in [6.07, 6.45) is -3.12. The normalized spacial score (nSPS) is 15.9. The summed E-state index contributed by atoms with van der Waals surface area (Å²) in [5.74, 6) is -4.30. The Labute approximate surface area is 275 Å². The Morgan fingerprint density at radius 2 is 1.43 bits per heavy atom. The van der Waals surface area contributed by atoms with Crippen LogP contribution in [0.2, 0.25) is 0 Å². The highest BCUT2D eigenvalue weighted by molar-refractivity contribution is 5.90. The molecule has 1 aromatic heterocycles. The van der Waals surface area contributed by atoms with Crippen molar-refractivity contribution in [3.8, 4) is 0 Å². The first-order valence-electron chi connectivity index (χ1n) is 16.0. The van der Waals surface area contributed by atoms with Gasteiger partial charge in [0.2, 0.25) is 30.1 Å². The third-order valence-corrected chi connectivity index (χ3v) is 8.09. The second-order valence-electron chi connectivity index (χ2n) is 12.3. The number of aromatic nitrogens is 1. The molecule has 47 heavy (non-hydrogen) atoms. The van der Waals surface area contributed by atoms with Crippen LogP contribution in [0.1, 0.15) is 65.0 Å². The van der Waals surface area contributed by atoms with Crippen molar-refractivity contribution in [2.75, 3.05) is 0 Å². The number of nitrogens with zero attached hydrogens (tertiary/aromatic N) is 1. The van der Waals surface area contributed by atoms with Gasteiger partial charge in [-0.2, -0.15) is 0 Å². The second-order valence-corrected chi connectivity index (χ2v) is 12.3. The molecule has 0 spiro atoms. The molecule has 2 aromatic rings. The number of hydrogen-bond donors (Lipinski definition) is 6. The number of amides is 4. The van der Waals surface area contributed by atoms with E-state index in [0.29, 0.717) is 6.42 Å². The van der Waals surface area contributed by atoms with Crippen LogP contribution in [0.25, 0.3) is 0 Å². The highest BCUT2D eigenvalue weighted by Crippen LogP contribution is 2.17. The molecule has 4 amide bonds. The SMILES string of the molecule is CCC(C)[C@H](O)C(=O)N[C@@H](CC(F)F)C(=O)N[C@@H](Cc1ccccc1)[C@@H](O)C[C@@H](C)C(=O)N[C@H](C(=O)NCc1ccncc1)C(C)C. The Bertz CT molecular complexity index is 1270. The zero-order valence-corrected chi connectivity index (χ0v) is 27.7. The fourth-order valence-corrected chi connectivity index (χ4v) is 4.85. The number of halogens is 2. The van der Waals surface area contributed by atoms with Crippen molar-refractivity contribution in [3.63, 3.8) is 0 Å². The second kappa shape index (κ2) is 19.6. The number of carbonyl (C=O) groups excluding carboxylic acids is 4. The summed E-state index contributed by atoms with van der Waals surface area (Å²) in [5, 5.41) is 31.9. The number of benzene rings is 1. The zero-order valence-electron chi connectivity index (χ0n) is 27.7. The number of aliphatic hydroxyl groups excluding tert-OH is 2. The Hall–Kier alpha value is -3.97. The Morgan fingerprint density at radius 1 is 0.787 bits per heavy atom. The van der Waals surface area contributed by atoms with E-state index in [1.54, 1.807) is 89.5 Å². The lowest BCUT2D eigenvalue weighted by Gasteiger charge is -2.29. The molecule has 0 saturated carbocycles. The van der Waals surface area contributed by atoms with E-state index in [-0.39, 0.29) is 31.2 Å². The van der Waals surface area contributed by atoms with Crippen molar-refractivity contribution in [2.24, 2.45) is 17.8 Å². The molecule has 7 atom stereocenters. The van der Waals surface area contributed by atoms with Gasteiger partial charge in [-0.3, -0.25) is 24.2 Å². The molecule has 1 aromatic carbocycles. The quantitative estimate of drug-likeness (QED) is 0.134. The van der Waals surface area contributed by atoms with Crippen LogP contribution in [0.3, 0.4) is 0 Å². The van der Waals surface area contributed by atoms with Crippen molar-refractivity contribution in [1.29, 1.82) is 0 Å².